The zero-order valence-corrected chi connectivity index (χ0v) is 14.4. The van der Waals surface area contributed by atoms with E-state index >= 15 is 0 Å². The third kappa shape index (κ3) is 4.21. The second kappa shape index (κ2) is 6.98. The van der Waals surface area contributed by atoms with E-state index in [2.05, 4.69) is 4.72 Å². The highest BCUT2D eigenvalue weighted by atomic mass is 35.5. The van der Waals surface area contributed by atoms with Crippen LogP contribution in [0.2, 0.25) is 5.02 Å². The van der Waals surface area contributed by atoms with E-state index in [1.54, 1.807) is 24.0 Å². The summed E-state index contributed by atoms with van der Waals surface area (Å²) in [5, 5.41) is 0.457. The molecule has 0 aromatic heterocycles. The number of likely N-dealkylation sites (tertiary alicyclic amines) is 1. The summed E-state index contributed by atoms with van der Waals surface area (Å²) in [6.45, 7) is 4.59. The van der Waals surface area contributed by atoms with Crippen molar-refractivity contribution in [3.8, 4) is 0 Å². The van der Waals surface area contributed by atoms with Crippen LogP contribution in [0.25, 0.3) is 0 Å². The van der Waals surface area contributed by atoms with E-state index in [0.29, 0.717) is 36.5 Å². The van der Waals surface area contributed by atoms with Gasteiger partial charge in [-0.3, -0.25) is 4.79 Å². The van der Waals surface area contributed by atoms with Crippen molar-refractivity contribution in [2.75, 3.05) is 18.8 Å². The fourth-order valence-electron chi connectivity index (χ4n) is 2.50. The zero-order valence-electron chi connectivity index (χ0n) is 12.8. The van der Waals surface area contributed by atoms with Crippen molar-refractivity contribution < 1.29 is 13.2 Å². The Hall–Kier alpha value is -1.11. The van der Waals surface area contributed by atoms with Crippen molar-refractivity contribution in [3.63, 3.8) is 0 Å². The fraction of sp³-hybridized carbons (Fsp3) is 0.533. The summed E-state index contributed by atoms with van der Waals surface area (Å²) in [6.07, 6.45) is 1.24. The Balaban J connectivity index is 1.98. The molecule has 0 atom stereocenters. The average molecular weight is 345 g/mol. The van der Waals surface area contributed by atoms with Crippen LogP contribution in [0.4, 0.5) is 0 Å². The standard InChI is InChI=1S/C15H21ClN2O3S/c1-3-22(20,21)17-12-6-8-18(9-7-12)15(19)13-5-4-11(2)10-14(13)16/h4-5,10,12,17H,3,6-9H2,1-2H3. The normalized spacial score (nSPS) is 16.8. The molecule has 7 heteroatoms. The number of aryl methyl sites for hydroxylation is 1. The predicted molar refractivity (Wildman–Crippen MR) is 87.7 cm³/mol. The molecule has 122 valence electrons. The Kier molecular flexibility index (Phi) is 5.47. The molecule has 2 rings (SSSR count). The van der Waals surface area contributed by atoms with E-state index in [9.17, 15) is 13.2 Å². The maximum atomic E-state index is 12.5. The minimum atomic E-state index is -3.20. The van der Waals surface area contributed by atoms with Gasteiger partial charge in [0.05, 0.1) is 16.3 Å². The van der Waals surface area contributed by atoms with Gasteiger partial charge in [0.1, 0.15) is 0 Å². The summed E-state index contributed by atoms with van der Waals surface area (Å²) in [7, 11) is -3.20. The Labute approximate surface area is 136 Å². The first-order valence-electron chi connectivity index (χ1n) is 7.38. The lowest BCUT2D eigenvalue weighted by molar-refractivity contribution is 0.0711. The molecule has 1 amide bonds. The quantitative estimate of drug-likeness (QED) is 0.910. The lowest BCUT2D eigenvalue weighted by Gasteiger charge is -2.32. The lowest BCUT2D eigenvalue weighted by Crippen LogP contribution is -2.46. The smallest absolute Gasteiger partial charge is 0.255 e. The number of benzene rings is 1. The molecule has 1 heterocycles. The first-order valence-corrected chi connectivity index (χ1v) is 9.41. The number of halogens is 1. The number of nitrogens with zero attached hydrogens (tertiary/aromatic N) is 1. The van der Waals surface area contributed by atoms with Crippen molar-refractivity contribution in [2.45, 2.75) is 32.7 Å². The number of nitrogens with one attached hydrogen (secondary N) is 1. The number of carbonyl (C=O) groups excluding carboxylic acids is 1. The van der Waals surface area contributed by atoms with E-state index in [1.165, 1.54) is 0 Å². The van der Waals surface area contributed by atoms with Gasteiger partial charge in [0.2, 0.25) is 10.0 Å². The maximum absolute atomic E-state index is 12.5. The van der Waals surface area contributed by atoms with Gasteiger partial charge in [0.15, 0.2) is 0 Å². The average Bonchev–Trinajstić information content (AvgIpc) is 2.47. The van der Waals surface area contributed by atoms with Crippen LogP contribution in [-0.2, 0) is 10.0 Å². The minimum Gasteiger partial charge on any atom is -0.338 e. The van der Waals surface area contributed by atoms with Gasteiger partial charge in [0.25, 0.3) is 5.91 Å². The van der Waals surface area contributed by atoms with E-state index in [0.717, 1.165) is 5.56 Å². The lowest BCUT2D eigenvalue weighted by atomic mass is 10.0. The first-order chi connectivity index (χ1) is 10.3. The third-order valence-electron chi connectivity index (χ3n) is 3.86. The van der Waals surface area contributed by atoms with Crippen LogP contribution >= 0.6 is 11.6 Å². The van der Waals surface area contributed by atoms with Crippen LogP contribution in [0.3, 0.4) is 0 Å². The molecule has 1 aliphatic heterocycles. The van der Waals surface area contributed by atoms with Crippen LogP contribution < -0.4 is 4.72 Å². The van der Waals surface area contributed by atoms with Gasteiger partial charge in [-0.1, -0.05) is 17.7 Å². The Morgan fingerprint density at radius 3 is 2.55 bits per heavy atom. The van der Waals surface area contributed by atoms with Crippen LogP contribution in [0, 0.1) is 6.92 Å². The highest BCUT2D eigenvalue weighted by molar-refractivity contribution is 7.89. The second-order valence-electron chi connectivity index (χ2n) is 5.57. The number of piperidine rings is 1. The van der Waals surface area contributed by atoms with Crippen molar-refractivity contribution >= 4 is 27.5 Å². The van der Waals surface area contributed by atoms with E-state index in [-0.39, 0.29) is 17.7 Å². The van der Waals surface area contributed by atoms with Gasteiger partial charge in [-0.15, -0.1) is 0 Å². The monoisotopic (exact) mass is 344 g/mol. The molecule has 22 heavy (non-hydrogen) atoms. The largest absolute Gasteiger partial charge is 0.338 e. The van der Waals surface area contributed by atoms with Crippen molar-refractivity contribution in [2.24, 2.45) is 0 Å². The SMILES string of the molecule is CCS(=O)(=O)NC1CCN(C(=O)c2ccc(C)cc2Cl)CC1. The van der Waals surface area contributed by atoms with Gasteiger partial charge in [-0.2, -0.15) is 0 Å². The minimum absolute atomic E-state index is 0.0745. The highest BCUT2D eigenvalue weighted by Gasteiger charge is 2.26. The molecular formula is C15H21ClN2O3S. The third-order valence-corrected chi connectivity index (χ3v) is 5.63. The van der Waals surface area contributed by atoms with E-state index in [4.69, 9.17) is 11.6 Å². The van der Waals surface area contributed by atoms with Crippen LogP contribution in [0.1, 0.15) is 35.7 Å². The number of sulfonamides is 1. The molecule has 1 fully saturated rings. The number of hydrogen-bond acceptors (Lipinski definition) is 3. The molecule has 0 bridgehead atoms. The number of amides is 1. The zero-order chi connectivity index (χ0) is 16.3. The Bertz CT molecular complexity index is 653. The predicted octanol–water partition coefficient (Wildman–Crippen LogP) is 2.19. The maximum Gasteiger partial charge on any atom is 0.255 e. The summed E-state index contributed by atoms with van der Waals surface area (Å²) < 4.78 is 25.8. The topological polar surface area (TPSA) is 66.5 Å². The molecule has 0 radical (unpaired) electrons. The number of hydrogen-bond donors (Lipinski definition) is 1. The molecule has 0 saturated carbocycles. The van der Waals surface area contributed by atoms with E-state index < -0.39 is 10.0 Å². The molecule has 5 nitrogen and oxygen atoms in total. The highest BCUT2D eigenvalue weighted by Crippen LogP contribution is 2.21. The Morgan fingerprint density at radius 1 is 1.36 bits per heavy atom. The molecule has 1 saturated heterocycles. The molecule has 1 aliphatic rings. The van der Waals surface area contributed by atoms with Crippen LogP contribution in [-0.4, -0.2) is 44.1 Å². The van der Waals surface area contributed by atoms with Gasteiger partial charge >= 0.3 is 0 Å². The van der Waals surface area contributed by atoms with Gasteiger partial charge < -0.3 is 4.90 Å². The van der Waals surface area contributed by atoms with Crippen molar-refractivity contribution in [1.82, 2.24) is 9.62 Å². The molecular weight excluding hydrogens is 324 g/mol. The Morgan fingerprint density at radius 2 is 2.00 bits per heavy atom. The second-order valence-corrected chi connectivity index (χ2v) is 8.02. The van der Waals surface area contributed by atoms with Gasteiger partial charge in [-0.05, 0) is 44.4 Å². The van der Waals surface area contributed by atoms with Gasteiger partial charge in [0, 0.05) is 19.1 Å². The summed E-state index contributed by atoms with van der Waals surface area (Å²) in [6, 6.07) is 5.28. The molecule has 1 aromatic rings. The van der Waals surface area contributed by atoms with Crippen LogP contribution in [0.5, 0.6) is 0 Å². The summed E-state index contributed by atoms with van der Waals surface area (Å²) in [5.74, 6) is -0.0210. The first kappa shape index (κ1) is 17.2. The van der Waals surface area contributed by atoms with Crippen LogP contribution in [0.15, 0.2) is 18.2 Å². The number of rotatable bonds is 4. The van der Waals surface area contributed by atoms with E-state index in [1.807, 2.05) is 13.0 Å². The molecule has 0 unspecified atom stereocenters. The number of carbonyl (C=O) groups is 1. The summed E-state index contributed by atoms with van der Waals surface area (Å²) >= 11 is 6.14. The summed E-state index contributed by atoms with van der Waals surface area (Å²) in [5.41, 5.74) is 1.51. The molecule has 0 spiro atoms. The molecule has 0 aliphatic carbocycles. The van der Waals surface area contributed by atoms with Gasteiger partial charge in [-0.25, -0.2) is 13.1 Å². The van der Waals surface area contributed by atoms with Crippen molar-refractivity contribution in [1.29, 1.82) is 0 Å². The van der Waals surface area contributed by atoms with Crippen molar-refractivity contribution in [3.05, 3.63) is 34.3 Å². The fourth-order valence-corrected chi connectivity index (χ4v) is 3.73. The molecule has 1 aromatic carbocycles. The summed E-state index contributed by atoms with van der Waals surface area (Å²) in [4.78, 5) is 14.2. The molecule has 1 N–H and O–H groups in total.